The first-order valence-electron chi connectivity index (χ1n) is 9.18. The summed E-state index contributed by atoms with van der Waals surface area (Å²) in [7, 11) is 0. The van der Waals surface area contributed by atoms with Crippen molar-refractivity contribution in [1.29, 1.82) is 0 Å². The van der Waals surface area contributed by atoms with Gasteiger partial charge in [-0.1, -0.05) is 56.3 Å². The first-order valence-corrected chi connectivity index (χ1v) is 10.2. The SMILES string of the molecule is CCC(=O)CC(C)C(=O)N1Cc2ccccc2C1CSc1ccccc1. The molecule has 2 aromatic rings. The van der Waals surface area contributed by atoms with E-state index in [1.54, 1.807) is 11.8 Å². The average Bonchev–Trinajstić information content (AvgIpc) is 3.05. The van der Waals surface area contributed by atoms with E-state index < -0.39 is 0 Å². The van der Waals surface area contributed by atoms with Crippen molar-refractivity contribution in [2.45, 2.75) is 44.2 Å². The Morgan fingerprint density at radius 1 is 1.12 bits per heavy atom. The Morgan fingerprint density at radius 3 is 2.54 bits per heavy atom. The van der Waals surface area contributed by atoms with Crippen LogP contribution in [0.15, 0.2) is 59.5 Å². The molecule has 1 heterocycles. The number of Topliss-reactive ketones (excluding diaryl/α,β-unsaturated/α-hetero) is 1. The average molecular weight is 368 g/mol. The molecule has 0 bridgehead atoms. The molecule has 1 aliphatic heterocycles. The van der Waals surface area contributed by atoms with E-state index in [2.05, 4.69) is 24.3 Å². The second-order valence-corrected chi connectivity index (χ2v) is 7.90. The van der Waals surface area contributed by atoms with E-state index in [1.165, 1.54) is 16.0 Å². The third kappa shape index (κ3) is 4.18. The highest BCUT2D eigenvalue weighted by Crippen LogP contribution is 2.38. The maximum Gasteiger partial charge on any atom is 0.226 e. The largest absolute Gasteiger partial charge is 0.330 e. The van der Waals surface area contributed by atoms with Crippen LogP contribution in [0.25, 0.3) is 0 Å². The molecular weight excluding hydrogens is 342 g/mol. The molecular formula is C22H25NO2S. The Morgan fingerprint density at radius 2 is 1.81 bits per heavy atom. The highest BCUT2D eigenvalue weighted by atomic mass is 32.2. The van der Waals surface area contributed by atoms with Gasteiger partial charge in [0.25, 0.3) is 0 Å². The smallest absolute Gasteiger partial charge is 0.226 e. The molecule has 0 saturated carbocycles. The number of hydrogen-bond donors (Lipinski definition) is 0. The van der Waals surface area contributed by atoms with Crippen molar-refractivity contribution in [2.75, 3.05) is 5.75 Å². The van der Waals surface area contributed by atoms with Crippen molar-refractivity contribution in [3.63, 3.8) is 0 Å². The molecule has 0 aliphatic carbocycles. The highest BCUT2D eigenvalue weighted by molar-refractivity contribution is 7.99. The quantitative estimate of drug-likeness (QED) is 0.655. The van der Waals surface area contributed by atoms with E-state index >= 15 is 0 Å². The first-order chi connectivity index (χ1) is 12.6. The van der Waals surface area contributed by atoms with Crippen molar-refractivity contribution in [2.24, 2.45) is 5.92 Å². The lowest BCUT2D eigenvalue weighted by molar-refractivity contribution is -0.139. The number of benzene rings is 2. The standard InChI is InChI=1S/C22H25NO2S/c1-3-18(24)13-16(2)22(25)23-14-17-9-7-8-12-20(17)21(23)15-26-19-10-5-4-6-11-19/h4-12,16,21H,3,13-15H2,1-2H3. The number of fused-ring (bicyclic) bond motifs is 1. The minimum Gasteiger partial charge on any atom is -0.330 e. The molecule has 2 aromatic carbocycles. The van der Waals surface area contributed by atoms with Crippen LogP contribution >= 0.6 is 11.8 Å². The lowest BCUT2D eigenvalue weighted by atomic mass is 10.0. The third-order valence-electron chi connectivity index (χ3n) is 4.91. The van der Waals surface area contributed by atoms with Gasteiger partial charge in [-0.2, -0.15) is 0 Å². The number of rotatable bonds is 7. The van der Waals surface area contributed by atoms with Crippen LogP contribution in [0, 0.1) is 5.92 Å². The van der Waals surface area contributed by atoms with Crippen molar-refractivity contribution in [1.82, 2.24) is 4.90 Å². The van der Waals surface area contributed by atoms with Gasteiger partial charge in [-0.15, -0.1) is 11.8 Å². The van der Waals surface area contributed by atoms with E-state index in [0.29, 0.717) is 19.4 Å². The topological polar surface area (TPSA) is 37.4 Å². The molecule has 0 fully saturated rings. The molecule has 0 aromatic heterocycles. The highest BCUT2D eigenvalue weighted by Gasteiger charge is 2.35. The fourth-order valence-electron chi connectivity index (χ4n) is 3.42. The summed E-state index contributed by atoms with van der Waals surface area (Å²) in [6.45, 7) is 4.37. The number of carbonyl (C=O) groups excluding carboxylic acids is 2. The van der Waals surface area contributed by atoms with Crippen LogP contribution in [0.4, 0.5) is 0 Å². The molecule has 3 nitrogen and oxygen atoms in total. The van der Waals surface area contributed by atoms with Crippen LogP contribution in [-0.4, -0.2) is 22.3 Å². The summed E-state index contributed by atoms with van der Waals surface area (Å²) in [5.74, 6) is 0.793. The van der Waals surface area contributed by atoms with Crippen LogP contribution in [0.3, 0.4) is 0 Å². The fraction of sp³-hybridized carbons (Fsp3) is 0.364. The Labute approximate surface area is 159 Å². The Balaban J connectivity index is 1.77. The van der Waals surface area contributed by atoms with Gasteiger partial charge in [0.05, 0.1) is 6.04 Å². The normalized spacial score (nSPS) is 17.0. The summed E-state index contributed by atoms with van der Waals surface area (Å²) in [5, 5.41) is 0. The van der Waals surface area contributed by atoms with E-state index in [9.17, 15) is 9.59 Å². The minimum atomic E-state index is -0.263. The number of ketones is 1. The Kier molecular flexibility index (Phi) is 6.15. The van der Waals surface area contributed by atoms with Gasteiger partial charge in [-0.05, 0) is 23.3 Å². The molecule has 0 saturated heterocycles. The van der Waals surface area contributed by atoms with E-state index in [1.807, 2.05) is 49.1 Å². The van der Waals surface area contributed by atoms with Crippen LogP contribution in [-0.2, 0) is 16.1 Å². The molecule has 0 N–H and O–H groups in total. The van der Waals surface area contributed by atoms with Gasteiger partial charge in [0.2, 0.25) is 5.91 Å². The van der Waals surface area contributed by atoms with Crippen LogP contribution < -0.4 is 0 Å². The van der Waals surface area contributed by atoms with Crippen molar-refractivity contribution in [3.8, 4) is 0 Å². The molecule has 2 atom stereocenters. The van der Waals surface area contributed by atoms with Gasteiger partial charge in [-0.3, -0.25) is 9.59 Å². The predicted molar refractivity (Wildman–Crippen MR) is 106 cm³/mol. The summed E-state index contributed by atoms with van der Waals surface area (Å²) in [4.78, 5) is 28.0. The van der Waals surface area contributed by atoms with Gasteiger partial charge in [0, 0.05) is 36.0 Å². The number of thioether (sulfide) groups is 1. The van der Waals surface area contributed by atoms with Gasteiger partial charge in [0.1, 0.15) is 5.78 Å². The molecule has 3 rings (SSSR count). The molecule has 26 heavy (non-hydrogen) atoms. The third-order valence-corrected chi connectivity index (χ3v) is 6.00. The summed E-state index contributed by atoms with van der Waals surface area (Å²) < 4.78 is 0. The van der Waals surface area contributed by atoms with Crippen LogP contribution in [0.5, 0.6) is 0 Å². The fourth-order valence-corrected chi connectivity index (χ4v) is 4.48. The second-order valence-electron chi connectivity index (χ2n) is 6.80. The van der Waals surface area contributed by atoms with Gasteiger partial charge >= 0.3 is 0 Å². The second kappa shape index (κ2) is 8.54. The molecule has 1 amide bonds. The summed E-state index contributed by atoms with van der Waals surface area (Å²) in [5.41, 5.74) is 2.45. The molecule has 4 heteroatoms. The van der Waals surface area contributed by atoms with Crippen molar-refractivity contribution in [3.05, 3.63) is 65.7 Å². The number of hydrogen-bond acceptors (Lipinski definition) is 3. The molecule has 2 unspecified atom stereocenters. The summed E-state index contributed by atoms with van der Waals surface area (Å²) in [6.07, 6.45) is 0.825. The van der Waals surface area contributed by atoms with Crippen molar-refractivity contribution < 1.29 is 9.59 Å². The molecule has 1 aliphatic rings. The predicted octanol–water partition coefficient (Wildman–Crippen LogP) is 4.87. The minimum absolute atomic E-state index is 0.0584. The van der Waals surface area contributed by atoms with Crippen LogP contribution in [0.2, 0.25) is 0 Å². The number of carbonyl (C=O) groups is 2. The maximum atomic E-state index is 13.1. The monoisotopic (exact) mass is 367 g/mol. The van der Waals surface area contributed by atoms with E-state index in [4.69, 9.17) is 0 Å². The van der Waals surface area contributed by atoms with E-state index in [0.717, 1.165) is 5.75 Å². The van der Waals surface area contributed by atoms with Crippen LogP contribution in [0.1, 0.15) is 43.9 Å². The lowest BCUT2D eigenvalue weighted by Crippen LogP contribution is -2.35. The van der Waals surface area contributed by atoms with Gasteiger partial charge in [0.15, 0.2) is 0 Å². The van der Waals surface area contributed by atoms with Crippen molar-refractivity contribution >= 4 is 23.5 Å². The molecule has 136 valence electrons. The number of nitrogens with zero attached hydrogens (tertiary/aromatic N) is 1. The Hall–Kier alpha value is -2.07. The van der Waals surface area contributed by atoms with Gasteiger partial charge < -0.3 is 4.90 Å². The zero-order valence-electron chi connectivity index (χ0n) is 15.4. The zero-order chi connectivity index (χ0) is 18.5. The maximum absolute atomic E-state index is 13.1. The molecule has 0 spiro atoms. The molecule has 0 radical (unpaired) electrons. The zero-order valence-corrected chi connectivity index (χ0v) is 16.2. The summed E-state index contributed by atoms with van der Waals surface area (Å²) in [6, 6.07) is 18.6. The van der Waals surface area contributed by atoms with Gasteiger partial charge in [-0.25, -0.2) is 0 Å². The first kappa shape index (κ1) is 18.7. The summed E-state index contributed by atoms with van der Waals surface area (Å²) >= 11 is 1.77. The lowest BCUT2D eigenvalue weighted by Gasteiger charge is -2.28. The van der Waals surface area contributed by atoms with E-state index in [-0.39, 0.29) is 23.7 Å². The number of amides is 1. The Bertz CT molecular complexity index is 775.